The van der Waals surface area contributed by atoms with Crippen LogP contribution in [0.1, 0.15) is 6.92 Å². The predicted molar refractivity (Wildman–Crippen MR) is 41.6 cm³/mol. The largest absolute Gasteiger partial charge is 0.479 e. The normalized spacial score (nSPS) is 7.45. The van der Waals surface area contributed by atoms with E-state index in [1.807, 2.05) is 0 Å². The molecule has 76 valence electrons. The summed E-state index contributed by atoms with van der Waals surface area (Å²) < 4.78 is 0. The Balaban J connectivity index is -0.0000000125. The molecule has 11 heavy (non-hydrogen) atoms. The Kier molecular flexibility index (Phi) is 101. The molecule has 8 nitrogen and oxygen atoms in total. The van der Waals surface area contributed by atoms with Gasteiger partial charge in [-0.15, -0.1) is 0 Å². The van der Waals surface area contributed by atoms with E-state index in [0.29, 0.717) is 0 Å². The van der Waals surface area contributed by atoms with E-state index < -0.39 is 12.1 Å². The highest BCUT2D eigenvalue weighted by Gasteiger charge is 2.01. The molecule has 0 aliphatic carbocycles. The van der Waals surface area contributed by atoms with Gasteiger partial charge in [-0.3, -0.25) is 0 Å². The minimum atomic E-state index is -1.23. The molecule has 0 fully saturated rings. The number of aliphatic carboxylic acids is 1. The molecule has 0 saturated carbocycles. The Labute approximate surface area is 64.6 Å². The van der Waals surface area contributed by atoms with Crippen LogP contribution in [-0.4, -0.2) is 33.2 Å². The van der Waals surface area contributed by atoms with E-state index in [0.717, 1.165) is 0 Å². The Morgan fingerprint density at radius 3 is 1.27 bits per heavy atom. The fourth-order valence-electron chi connectivity index (χ4n) is 0. The highest BCUT2D eigenvalue weighted by molar-refractivity contribution is 5.71. The maximum Gasteiger partial charge on any atom is 0.332 e. The van der Waals surface area contributed by atoms with Crippen LogP contribution >= 0.6 is 0 Å². The summed E-state index contributed by atoms with van der Waals surface area (Å²) in [6, 6.07) is 0. The standard InChI is InChI=1S/C3H6O3.3H3N.2H2O/c1-2(4)3(5)6;;;;;/h2,4H,1H3,(H,5,6);3*1H3;2*1H2. The summed E-state index contributed by atoms with van der Waals surface area (Å²) in [4.78, 5) is 9.45. The van der Waals surface area contributed by atoms with Gasteiger partial charge in [-0.1, -0.05) is 0 Å². The van der Waals surface area contributed by atoms with Crippen LogP contribution in [0, 0.1) is 0 Å². The average molecular weight is 177 g/mol. The average Bonchev–Trinajstić information content (AvgIpc) is 1.36. The lowest BCUT2D eigenvalue weighted by molar-refractivity contribution is -0.145. The number of rotatable bonds is 1. The molecule has 0 aliphatic heterocycles. The number of carboxylic acids is 1. The zero-order valence-electron chi connectivity index (χ0n) is 6.50. The molecule has 1 unspecified atom stereocenters. The quantitative estimate of drug-likeness (QED) is 0.312. The number of aliphatic hydroxyl groups is 1. The van der Waals surface area contributed by atoms with Crippen molar-refractivity contribution in [3.63, 3.8) is 0 Å². The van der Waals surface area contributed by atoms with Crippen LogP contribution < -0.4 is 18.5 Å². The van der Waals surface area contributed by atoms with Gasteiger partial charge in [-0.2, -0.15) is 0 Å². The van der Waals surface area contributed by atoms with Crippen LogP contribution in [-0.2, 0) is 4.79 Å². The summed E-state index contributed by atoms with van der Waals surface area (Å²) in [6.45, 7) is 1.20. The summed E-state index contributed by atoms with van der Waals surface area (Å²) in [6.07, 6.45) is -1.23. The van der Waals surface area contributed by atoms with Crippen LogP contribution in [0.15, 0.2) is 0 Å². The first-order chi connectivity index (χ1) is 2.64. The molecular weight excluding hydrogens is 158 g/mol. The van der Waals surface area contributed by atoms with Gasteiger partial charge in [-0.05, 0) is 6.92 Å². The summed E-state index contributed by atoms with van der Waals surface area (Å²) in [7, 11) is 0. The Hall–Kier alpha value is -0.770. The minimum Gasteiger partial charge on any atom is -0.479 e. The molecule has 0 bridgehead atoms. The molecule has 0 radical (unpaired) electrons. The summed E-state index contributed by atoms with van der Waals surface area (Å²) in [5.41, 5.74) is 0. The van der Waals surface area contributed by atoms with Crippen molar-refractivity contribution in [2.75, 3.05) is 0 Å². The summed E-state index contributed by atoms with van der Waals surface area (Å²) in [5, 5.41) is 15.8. The summed E-state index contributed by atoms with van der Waals surface area (Å²) >= 11 is 0. The molecular formula is C3H19N3O5. The van der Waals surface area contributed by atoms with Crippen molar-refractivity contribution in [1.29, 1.82) is 0 Å². The van der Waals surface area contributed by atoms with E-state index in [2.05, 4.69) is 0 Å². The van der Waals surface area contributed by atoms with Crippen molar-refractivity contribution in [2.45, 2.75) is 13.0 Å². The fraction of sp³-hybridized carbons (Fsp3) is 0.667. The molecule has 0 aromatic rings. The lowest BCUT2D eigenvalue weighted by atomic mass is 10.4. The van der Waals surface area contributed by atoms with E-state index in [1.54, 1.807) is 0 Å². The third-order valence-electron chi connectivity index (χ3n) is 0.357. The molecule has 15 N–H and O–H groups in total. The predicted octanol–water partition coefficient (Wildman–Crippen LogP) is -1.71. The highest BCUT2D eigenvalue weighted by atomic mass is 16.4. The summed E-state index contributed by atoms with van der Waals surface area (Å²) in [5.74, 6) is -1.19. The first kappa shape index (κ1) is 48.7. The van der Waals surface area contributed by atoms with E-state index in [4.69, 9.17) is 10.2 Å². The van der Waals surface area contributed by atoms with E-state index in [1.165, 1.54) is 6.92 Å². The van der Waals surface area contributed by atoms with Gasteiger partial charge in [0.2, 0.25) is 0 Å². The Morgan fingerprint density at radius 1 is 1.18 bits per heavy atom. The van der Waals surface area contributed by atoms with Gasteiger partial charge >= 0.3 is 5.97 Å². The molecule has 0 aromatic heterocycles. The Bertz CT molecular complexity index is 68.0. The molecule has 0 aliphatic rings. The van der Waals surface area contributed by atoms with Gasteiger partial charge < -0.3 is 39.6 Å². The first-order valence-electron chi connectivity index (χ1n) is 1.55. The van der Waals surface area contributed by atoms with E-state index in [-0.39, 0.29) is 29.4 Å². The second kappa shape index (κ2) is 22.9. The van der Waals surface area contributed by atoms with Crippen molar-refractivity contribution in [1.82, 2.24) is 18.5 Å². The zero-order valence-corrected chi connectivity index (χ0v) is 6.50. The third kappa shape index (κ3) is 46.2. The van der Waals surface area contributed by atoms with Crippen molar-refractivity contribution in [3.8, 4) is 0 Å². The molecule has 0 spiro atoms. The monoisotopic (exact) mass is 177 g/mol. The van der Waals surface area contributed by atoms with Crippen LogP contribution in [0.5, 0.6) is 0 Å². The number of carboxylic acid groups (broad SMARTS) is 1. The Morgan fingerprint density at radius 2 is 1.27 bits per heavy atom. The van der Waals surface area contributed by atoms with Crippen LogP contribution in [0.25, 0.3) is 0 Å². The third-order valence-corrected chi connectivity index (χ3v) is 0.357. The van der Waals surface area contributed by atoms with Gasteiger partial charge in [0.05, 0.1) is 0 Å². The van der Waals surface area contributed by atoms with Crippen molar-refractivity contribution in [2.24, 2.45) is 0 Å². The molecule has 8 heteroatoms. The van der Waals surface area contributed by atoms with Gasteiger partial charge in [0.15, 0.2) is 0 Å². The smallest absolute Gasteiger partial charge is 0.332 e. The molecule has 1 atom stereocenters. The lowest BCUT2D eigenvalue weighted by Gasteiger charge is -1.89. The molecule has 0 amide bonds. The van der Waals surface area contributed by atoms with Crippen molar-refractivity contribution >= 4 is 5.97 Å². The van der Waals surface area contributed by atoms with Crippen LogP contribution in [0.4, 0.5) is 0 Å². The zero-order chi connectivity index (χ0) is 5.15. The van der Waals surface area contributed by atoms with Crippen molar-refractivity contribution < 1.29 is 26.0 Å². The van der Waals surface area contributed by atoms with Gasteiger partial charge in [0.25, 0.3) is 0 Å². The number of hydrogen-bond acceptors (Lipinski definition) is 5. The molecule has 0 saturated heterocycles. The second-order valence-corrected chi connectivity index (χ2v) is 1.01. The number of hydrogen-bond donors (Lipinski definition) is 5. The molecule has 0 heterocycles. The number of carbonyl (C=O) groups is 1. The van der Waals surface area contributed by atoms with Gasteiger partial charge in [0.1, 0.15) is 6.10 Å². The minimum absolute atomic E-state index is 0. The van der Waals surface area contributed by atoms with Crippen molar-refractivity contribution in [3.05, 3.63) is 0 Å². The van der Waals surface area contributed by atoms with Gasteiger partial charge in [-0.25, -0.2) is 4.79 Å². The SMILES string of the molecule is CC(O)C(=O)O.N.N.N.O.O. The van der Waals surface area contributed by atoms with E-state index in [9.17, 15) is 4.79 Å². The van der Waals surface area contributed by atoms with Gasteiger partial charge in [0, 0.05) is 0 Å². The van der Waals surface area contributed by atoms with E-state index >= 15 is 0 Å². The van der Waals surface area contributed by atoms with Crippen LogP contribution in [0.3, 0.4) is 0 Å². The highest BCUT2D eigenvalue weighted by Crippen LogP contribution is 1.73. The fourth-order valence-corrected chi connectivity index (χ4v) is 0. The maximum atomic E-state index is 9.45. The molecule has 0 rings (SSSR count). The topological polar surface area (TPSA) is 226 Å². The van der Waals surface area contributed by atoms with Crippen LogP contribution in [0.2, 0.25) is 0 Å². The lowest BCUT2D eigenvalue weighted by Crippen LogP contribution is -2.13. The second-order valence-electron chi connectivity index (χ2n) is 1.01. The first-order valence-corrected chi connectivity index (χ1v) is 1.55. The molecule has 0 aromatic carbocycles. The maximum absolute atomic E-state index is 9.45. The number of aliphatic hydroxyl groups excluding tert-OH is 1.